The van der Waals surface area contributed by atoms with Crippen LogP contribution in [0, 0.1) is 5.92 Å². The van der Waals surface area contributed by atoms with Crippen molar-refractivity contribution in [1.29, 1.82) is 0 Å². The molecule has 2 N–H and O–H groups in total. The Morgan fingerprint density at radius 2 is 2.44 bits per heavy atom. The fourth-order valence-corrected chi connectivity index (χ4v) is 2.64. The van der Waals surface area contributed by atoms with Crippen molar-refractivity contribution in [2.75, 3.05) is 32.8 Å². The minimum Gasteiger partial charge on any atom is -0.480 e. The van der Waals surface area contributed by atoms with Crippen LogP contribution < -0.4 is 5.32 Å². The lowest BCUT2D eigenvalue weighted by molar-refractivity contribution is -0.145. The van der Waals surface area contributed by atoms with Gasteiger partial charge in [-0.25, -0.2) is 0 Å². The highest BCUT2D eigenvalue weighted by molar-refractivity contribution is 5.74. The number of nitrogens with one attached hydrogen (secondary N) is 1. The molecule has 2 fully saturated rings. The van der Waals surface area contributed by atoms with E-state index in [4.69, 9.17) is 4.74 Å². The third-order valence-electron chi connectivity index (χ3n) is 3.74. The molecule has 0 aromatic carbocycles. The van der Waals surface area contributed by atoms with Crippen molar-refractivity contribution < 1.29 is 14.6 Å². The van der Waals surface area contributed by atoms with Crippen LogP contribution in [0.5, 0.6) is 0 Å². The number of rotatable bonds is 3. The maximum absolute atomic E-state index is 11.2. The van der Waals surface area contributed by atoms with Gasteiger partial charge >= 0.3 is 5.97 Å². The number of aliphatic carboxylic acids is 1. The summed E-state index contributed by atoms with van der Waals surface area (Å²) >= 11 is 0. The monoisotopic (exact) mass is 228 g/mol. The number of carboxylic acid groups (broad SMARTS) is 1. The summed E-state index contributed by atoms with van der Waals surface area (Å²) in [6.45, 7) is 5.96. The zero-order valence-corrected chi connectivity index (χ0v) is 9.69. The van der Waals surface area contributed by atoms with Gasteiger partial charge in [0.15, 0.2) is 0 Å². The zero-order valence-electron chi connectivity index (χ0n) is 9.69. The largest absolute Gasteiger partial charge is 0.480 e. The van der Waals surface area contributed by atoms with Crippen molar-refractivity contribution in [3.05, 3.63) is 0 Å². The van der Waals surface area contributed by atoms with Crippen molar-refractivity contribution >= 4 is 5.97 Å². The van der Waals surface area contributed by atoms with E-state index >= 15 is 0 Å². The molecule has 5 nitrogen and oxygen atoms in total. The Hall–Kier alpha value is -0.650. The first-order valence-electron chi connectivity index (χ1n) is 5.97. The first kappa shape index (κ1) is 11.8. The summed E-state index contributed by atoms with van der Waals surface area (Å²) in [4.78, 5) is 13.3. The molecule has 2 rings (SSSR count). The molecule has 3 unspecified atom stereocenters. The van der Waals surface area contributed by atoms with Crippen LogP contribution in [0.1, 0.15) is 13.3 Å². The zero-order chi connectivity index (χ0) is 11.5. The van der Waals surface area contributed by atoms with E-state index in [2.05, 4.69) is 17.1 Å². The van der Waals surface area contributed by atoms with E-state index in [0.29, 0.717) is 18.5 Å². The maximum atomic E-state index is 11.2. The summed E-state index contributed by atoms with van der Waals surface area (Å²) in [6, 6.07) is -0.0879. The molecule has 3 atom stereocenters. The number of hydrogen-bond donors (Lipinski definition) is 2. The highest BCUT2D eigenvalue weighted by atomic mass is 16.5. The average molecular weight is 228 g/mol. The van der Waals surface area contributed by atoms with Crippen molar-refractivity contribution in [1.82, 2.24) is 10.2 Å². The van der Waals surface area contributed by atoms with Gasteiger partial charge < -0.3 is 15.2 Å². The van der Waals surface area contributed by atoms with E-state index in [1.807, 2.05) is 0 Å². The molecule has 2 saturated heterocycles. The van der Waals surface area contributed by atoms with Gasteiger partial charge in [0.05, 0.1) is 6.61 Å². The molecular formula is C11H20N2O3. The normalized spacial score (nSPS) is 33.8. The van der Waals surface area contributed by atoms with E-state index in [0.717, 1.165) is 32.7 Å². The van der Waals surface area contributed by atoms with Gasteiger partial charge in [-0.3, -0.25) is 9.69 Å². The van der Waals surface area contributed by atoms with Crippen molar-refractivity contribution in [3.8, 4) is 0 Å². The number of nitrogens with zero attached hydrogens (tertiary/aromatic N) is 1. The Balaban J connectivity index is 2.01. The minimum absolute atomic E-state index is 0.297. The van der Waals surface area contributed by atoms with Crippen LogP contribution in [0.15, 0.2) is 0 Å². The highest BCUT2D eigenvalue weighted by Crippen LogP contribution is 2.23. The molecule has 0 spiro atoms. The third kappa shape index (κ3) is 2.36. The summed E-state index contributed by atoms with van der Waals surface area (Å²) in [5.41, 5.74) is 0. The van der Waals surface area contributed by atoms with E-state index in [1.54, 1.807) is 0 Å². The lowest BCUT2D eigenvalue weighted by atomic mass is 9.96. The second-order valence-corrected chi connectivity index (χ2v) is 4.66. The van der Waals surface area contributed by atoms with Crippen LogP contribution in [0.4, 0.5) is 0 Å². The molecule has 2 heterocycles. The number of piperazine rings is 1. The molecule has 2 aliphatic rings. The molecule has 0 saturated carbocycles. The molecule has 0 bridgehead atoms. The summed E-state index contributed by atoms with van der Waals surface area (Å²) in [7, 11) is 0. The second kappa shape index (κ2) is 5.12. The molecule has 2 aliphatic heterocycles. The van der Waals surface area contributed by atoms with Gasteiger partial charge in [0.25, 0.3) is 0 Å². The van der Waals surface area contributed by atoms with Crippen molar-refractivity contribution in [3.63, 3.8) is 0 Å². The van der Waals surface area contributed by atoms with E-state index in [-0.39, 0.29) is 6.04 Å². The smallest absolute Gasteiger partial charge is 0.322 e. The Morgan fingerprint density at radius 1 is 1.62 bits per heavy atom. The minimum atomic E-state index is -0.724. The Morgan fingerprint density at radius 3 is 3.06 bits per heavy atom. The average Bonchev–Trinajstić information content (AvgIpc) is 2.81. The lowest BCUT2D eigenvalue weighted by Gasteiger charge is -2.40. The number of carboxylic acids is 1. The fourth-order valence-electron chi connectivity index (χ4n) is 2.64. The van der Waals surface area contributed by atoms with E-state index in [9.17, 15) is 9.90 Å². The van der Waals surface area contributed by atoms with Crippen LogP contribution in [0.25, 0.3) is 0 Å². The quantitative estimate of drug-likeness (QED) is 0.698. The number of hydrogen-bond acceptors (Lipinski definition) is 4. The van der Waals surface area contributed by atoms with E-state index < -0.39 is 5.97 Å². The predicted octanol–water partition coefficient (Wildman–Crippen LogP) is -0.230. The second-order valence-electron chi connectivity index (χ2n) is 4.66. The van der Waals surface area contributed by atoms with Gasteiger partial charge in [-0.1, -0.05) is 0 Å². The molecular weight excluding hydrogens is 208 g/mol. The van der Waals surface area contributed by atoms with Crippen LogP contribution in [-0.2, 0) is 9.53 Å². The third-order valence-corrected chi connectivity index (χ3v) is 3.74. The molecule has 0 radical (unpaired) electrons. The molecule has 92 valence electrons. The summed E-state index contributed by atoms with van der Waals surface area (Å²) < 4.78 is 5.38. The van der Waals surface area contributed by atoms with Gasteiger partial charge in [-0.05, 0) is 19.3 Å². The fraction of sp³-hybridized carbons (Fsp3) is 0.909. The van der Waals surface area contributed by atoms with Crippen molar-refractivity contribution in [2.45, 2.75) is 25.4 Å². The number of carbonyl (C=O) groups is 1. The molecule has 16 heavy (non-hydrogen) atoms. The summed E-state index contributed by atoms with van der Waals surface area (Å²) in [5.74, 6) is -0.238. The van der Waals surface area contributed by atoms with Gasteiger partial charge in [-0.2, -0.15) is 0 Å². The van der Waals surface area contributed by atoms with Crippen molar-refractivity contribution in [2.24, 2.45) is 5.92 Å². The van der Waals surface area contributed by atoms with Crippen LogP contribution in [0.2, 0.25) is 0 Å². The Bertz CT molecular complexity index is 254. The maximum Gasteiger partial charge on any atom is 0.322 e. The summed E-state index contributed by atoms with van der Waals surface area (Å²) in [6.07, 6.45) is 1.05. The van der Waals surface area contributed by atoms with Crippen LogP contribution in [-0.4, -0.2) is 60.9 Å². The standard InChI is InChI=1S/C11H20N2O3/c1-8(9-2-5-16-7-9)13-4-3-12-6-10(13)11(14)15/h8-10,12H,2-7H2,1H3,(H,14,15). The van der Waals surface area contributed by atoms with Crippen LogP contribution >= 0.6 is 0 Å². The molecule has 0 aliphatic carbocycles. The van der Waals surface area contributed by atoms with Gasteiger partial charge in [0, 0.05) is 32.3 Å². The first-order chi connectivity index (χ1) is 7.70. The topological polar surface area (TPSA) is 61.8 Å². The van der Waals surface area contributed by atoms with Gasteiger partial charge in [0.2, 0.25) is 0 Å². The predicted molar refractivity (Wildman–Crippen MR) is 59.4 cm³/mol. The summed E-state index contributed by atoms with van der Waals surface area (Å²) in [5, 5.41) is 12.3. The SMILES string of the molecule is CC(C1CCOC1)N1CCNCC1C(=O)O. The molecule has 5 heteroatoms. The van der Waals surface area contributed by atoms with Gasteiger partial charge in [0.1, 0.15) is 6.04 Å². The number of ether oxygens (including phenoxy) is 1. The van der Waals surface area contributed by atoms with Crippen LogP contribution in [0.3, 0.4) is 0 Å². The van der Waals surface area contributed by atoms with E-state index in [1.165, 1.54) is 0 Å². The molecule has 0 amide bonds. The first-order valence-corrected chi connectivity index (χ1v) is 5.97. The lowest BCUT2D eigenvalue weighted by Crippen LogP contribution is -2.59. The highest BCUT2D eigenvalue weighted by Gasteiger charge is 2.35. The Kier molecular flexibility index (Phi) is 3.78. The van der Waals surface area contributed by atoms with Gasteiger partial charge in [-0.15, -0.1) is 0 Å². The molecule has 0 aromatic rings. The molecule has 0 aromatic heterocycles. The Labute approximate surface area is 95.8 Å².